The summed E-state index contributed by atoms with van der Waals surface area (Å²) >= 11 is 0. The van der Waals surface area contributed by atoms with Gasteiger partial charge in [0.2, 0.25) is 0 Å². The van der Waals surface area contributed by atoms with Crippen LogP contribution in [0.1, 0.15) is 59.1 Å². The Morgan fingerprint density at radius 1 is 1.03 bits per heavy atom. The lowest BCUT2D eigenvalue weighted by Crippen LogP contribution is -2.61. The molecule has 6 heteroatoms. The summed E-state index contributed by atoms with van der Waals surface area (Å²) in [5, 5.41) is 2.16. The van der Waals surface area contributed by atoms with Crippen molar-refractivity contribution in [2.45, 2.75) is 70.7 Å². The Morgan fingerprint density at radius 2 is 1.65 bits per heavy atom. The van der Waals surface area contributed by atoms with Crippen molar-refractivity contribution in [3.05, 3.63) is 42.0 Å². The maximum atomic E-state index is 6.70. The number of nitrogens with zero attached hydrogens (tertiary/aromatic N) is 1. The summed E-state index contributed by atoms with van der Waals surface area (Å²) in [6.45, 7) is 14.6. The average Bonchev–Trinajstić information content (AvgIpc) is 3.60. The number of epoxide rings is 1. The molecule has 0 aromatic heterocycles. The molecule has 1 fully saturated rings. The number of benzene rings is 1. The number of rotatable bonds is 8. The predicted molar refractivity (Wildman–Crippen MR) is 121 cm³/mol. The van der Waals surface area contributed by atoms with Gasteiger partial charge in [0.25, 0.3) is 0 Å². The molecular formula is C25H39NO5. The van der Waals surface area contributed by atoms with Crippen LogP contribution in [0.2, 0.25) is 0 Å². The molecule has 0 amide bonds. The Morgan fingerprint density at radius 3 is 2.23 bits per heavy atom. The zero-order valence-corrected chi connectivity index (χ0v) is 19.8. The van der Waals surface area contributed by atoms with E-state index in [1.807, 2.05) is 24.3 Å². The van der Waals surface area contributed by atoms with Gasteiger partial charge in [-0.2, -0.15) is 5.06 Å². The SMILES string of the molecule is CCC1(CC)COC/C=C\COCC(C)(C)N1OC(C)c1ccc(OCC2CO2)cc1. The van der Waals surface area contributed by atoms with Gasteiger partial charge in [-0.05, 0) is 51.3 Å². The van der Waals surface area contributed by atoms with Crippen LogP contribution >= 0.6 is 0 Å². The highest BCUT2D eigenvalue weighted by molar-refractivity contribution is 5.28. The molecule has 31 heavy (non-hydrogen) atoms. The van der Waals surface area contributed by atoms with E-state index in [2.05, 4.69) is 51.8 Å². The monoisotopic (exact) mass is 433 g/mol. The summed E-state index contributed by atoms with van der Waals surface area (Å²) in [4.78, 5) is 6.70. The van der Waals surface area contributed by atoms with Crippen LogP contribution < -0.4 is 4.74 Å². The first-order valence-corrected chi connectivity index (χ1v) is 11.5. The first-order chi connectivity index (χ1) is 14.9. The van der Waals surface area contributed by atoms with Crippen LogP contribution in [-0.4, -0.2) is 61.9 Å². The third-order valence-corrected chi connectivity index (χ3v) is 6.17. The minimum absolute atomic E-state index is 0.124. The second kappa shape index (κ2) is 10.9. The second-order valence-electron chi connectivity index (χ2n) is 9.12. The Balaban J connectivity index is 1.76. The molecule has 2 aliphatic heterocycles. The number of hydrogen-bond donors (Lipinski definition) is 0. The van der Waals surface area contributed by atoms with Crippen molar-refractivity contribution in [2.75, 3.05) is 39.6 Å². The van der Waals surface area contributed by atoms with Crippen molar-refractivity contribution in [3.63, 3.8) is 0 Å². The van der Waals surface area contributed by atoms with Gasteiger partial charge in [-0.3, -0.25) is 4.84 Å². The van der Waals surface area contributed by atoms with Crippen LogP contribution in [0.4, 0.5) is 0 Å². The minimum atomic E-state index is -0.324. The summed E-state index contributed by atoms with van der Waals surface area (Å²) < 4.78 is 23.0. The van der Waals surface area contributed by atoms with E-state index >= 15 is 0 Å². The van der Waals surface area contributed by atoms with Gasteiger partial charge >= 0.3 is 0 Å². The van der Waals surface area contributed by atoms with Gasteiger partial charge in [0, 0.05) is 0 Å². The zero-order valence-electron chi connectivity index (χ0n) is 19.8. The fourth-order valence-corrected chi connectivity index (χ4v) is 3.99. The van der Waals surface area contributed by atoms with E-state index in [0.717, 1.165) is 30.8 Å². The fourth-order valence-electron chi connectivity index (χ4n) is 3.99. The molecule has 2 unspecified atom stereocenters. The largest absolute Gasteiger partial charge is 0.491 e. The first-order valence-electron chi connectivity index (χ1n) is 11.5. The molecule has 6 nitrogen and oxygen atoms in total. The van der Waals surface area contributed by atoms with Crippen molar-refractivity contribution in [1.29, 1.82) is 0 Å². The van der Waals surface area contributed by atoms with E-state index in [9.17, 15) is 0 Å². The van der Waals surface area contributed by atoms with Gasteiger partial charge in [-0.15, -0.1) is 0 Å². The van der Waals surface area contributed by atoms with Gasteiger partial charge in [-0.1, -0.05) is 38.1 Å². The lowest BCUT2D eigenvalue weighted by Gasteiger charge is -2.50. The topological polar surface area (TPSA) is 52.7 Å². The van der Waals surface area contributed by atoms with Crippen molar-refractivity contribution in [3.8, 4) is 5.75 Å². The van der Waals surface area contributed by atoms with Crippen LogP contribution in [0, 0.1) is 0 Å². The molecule has 0 radical (unpaired) electrons. The maximum absolute atomic E-state index is 6.70. The molecule has 1 aromatic carbocycles. The minimum Gasteiger partial charge on any atom is -0.491 e. The molecule has 3 rings (SSSR count). The number of ether oxygens (including phenoxy) is 4. The van der Waals surface area contributed by atoms with Crippen LogP contribution in [0.25, 0.3) is 0 Å². The van der Waals surface area contributed by atoms with E-state index in [-0.39, 0.29) is 23.3 Å². The lowest BCUT2D eigenvalue weighted by atomic mass is 9.88. The van der Waals surface area contributed by atoms with Crippen LogP contribution in [-0.2, 0) is 19.0 Å². The van der Waals surface area contributed by atoms with E-state index < -0.39 is 0 Å². The smallest absolute Gasteiger partial charge is 0.119 e. The van der Waals surface area contributed by atoms with Crippen LogP contribution in [0.15, 0.2) is 36.4 Å². The summed E-state index contributed by atoms with van der Waals surface area (Å²) in [6, 6.07) is 8.15. The molecule has 0 N–H and O–H groups in total. The average molecular weight is 434 g/mol. The Hall–Kier alpha value is -1.44. The van der Waals surface area contributed by atoms with E-state index in [1.165, 1.54) is 0 Å². The fraction of sp³-hybridized carbons (Fsp3) is 0.680. The molecule has 2 atom stereocenters. The van der Waals surface area contributed by atoms with E-state index in [1.54, 1.807) is 0 Å². The third kappa shape index (κ3) is 6.53. The van der Waals surface area contributed by atoms with Crippen LogP contribution in [0.5, 0.6) is 5.75 Å². The highest BCUT2D eigenvalue weighted by Gasteiger charge is 2.44. The quantitative estimate of drug-likeness (QED) is 0.438. The zero-order chi connectivity index (χ0) is 22.3. The van der Waals surface area contributed by atoms with Gasteiger partial charge in [0.15, 0.2) is 0 Å². The van der Waals surface area contributed by atoms with Gasteiger partial charge in [0.05, 0.1) is 44.1 Å². The van der Waals surface area contributed by atoms with Crippen LogP contribution in [0.3, 0.4) is 0 Å². The highest BCUT2D eigenvalue weighted by atomic mass is 16.7. The predicted octanol–water partition coefficient (Wildman–Crippen LogP) is 4.70. The van der Waals surface area contributed by atoms with Crippen molar-refractivity contribution in [2.24, 2.45) is 0 Å². The normalized spacial score (nSPS) is 25.9. The molecule has 0 saturated carbocycles. The second-order valence-corrected chi connectivity index (χ2v) is 9.12. The molecule has 0 bridgehead atoms. The molecular weight excluding hydrogens is 394 g/mol. The van der Waals surface area contributed by atoms with E-state index in [4.69, 9.17) is 23.8 Å². The molecule has 0 aliphatic carbocycles. The highest BCUT2D eigenvalue weighted by Crippen LogP contribution is 2.36. The van der Waals surface area contributed by atoms with Gasteiger partial charge < -0.3 is 18.9 Å². The number of hydrogen-bond acceptors (Lipinski definition) is 6. The lowest BCUT2D eigenvalue weighted by molar-refractivity contribution is -0.313. The summed E-state index contributed by atoms with van der Waals surface area (Å²) in [5.41, 5.74) is 0.534. The molecule has 1 aromatic rings. The van der Waals surface area contributed by atoms with E-state index in [0.29, 0.717) is 33.0 Å². The Kier molecular flexibility index (Phi) is 8.53. The Bertz CT molecular complexity index is 694. The van der Waals surface area contributed by atoms with Crippen molar-refractivity contribution < 1.29 is 23.8 Å². The third-order valence-electron chi connectivity index (χ3n) is 6.17. The molecule has 1 saturated heterocycles. The molecule has 2 aliphatic rings. The van der Waals surface area contributed by atoms with Crippen molar-refractivity contribution in [1.82, 2.24) is 5.06 Å². The van der Waals surface area contributed by atoms with Gasteiger partial charge in [0.1, 0.15) is 24.6 Å². The van der Waals surface area contributed by atoms with Crippen molar-refractivity contribution >= 4 is 0 Å². The standard InChI is InChI=1S/C25H39NO5/c1-6-25(7-2)19-28-15-9-8-14-27-18-24(4,5)26(25)31-20(3)21-10-12-22(13-11-21)29-16-23-17-30-23/h8-13,20,23H,6-7,14-19H2,1-5H3/b9-8-. The summed E-state index contributed by atoms with van der Waals surface area (Å²) in [5.74, 6) is 0.854. The Labute approximate surface area is 187 Å². The summed E-state index contributed by atoms with van der Waals surface area (Å²) in [7, 11) is 0. The van der Waals surface area contributed by atoms with Gasteiger partial charge in [-0.25, -0.2) is 0 Å². The maximum Gasteiger partial charge on any atom is 0.119 e. The number of hydroxylamine groups is 2. The molecule has 0 spiro atoms. The molecule has 2 heterocycles. The summed E-state index contributed by atoms with van der Waals surface area (Å²) in [6.07, 6.45) is 6.01. The first kappa shape index (κ1) is 24.2. The molecule has 174 valence electrons.